The fourth-order valence-corrected chi connectivity index (χ4v) is 1.00. The van der Waals surface area contributed by atoms with Gasteiger partial charge in [0, 0.05) is 13.1 Å². The summed E-state index contributed by atoms with van der Waals surface area (Å²) < 4.78 is 5.72. The summed E-state index contributed by atoms with van der Waals surface area (Å²) in [4.78, 5) is 14.3. The van der Waals surface area contributed by atoms with Gasteiger partial charge in [-0.1, -0.05) is 0 Å². The molecule has 0 saturated carbocycles. The van der Waals surface area contributed by atoms with Gasteiger partial charge in [0.05, 0.1) is 9.77 Å². The van der Waals surface area contributed by atoms with Crippen LogP contribution in [0.3, 0.4) is 0 Å². The van der Waals surface area contributed by atoms with Crippen LogP contribution < -0.4 is 4.74 Å². The smallest absolute Gasteiger partial charge is 0.308 e. The van der Waals surface area contributed by atoms with Crippen molar-refractivity contribution in [3.63, 3.8) is 0 Å². The van der Waals surface area contributed by atoms with Crippen molar-refractivity contribution in [2.45, 2.75) is 6.92 Å². The lowest BCUT2D eigenvalue weighted by Gasteiger charge is -2.00. The van der Waals surface area contributed by atoms with E-state index >= 15 is 0 Å². The molecule has 3 nitrogen and oxygen atoms in total. The molecule has 0 bridgehead atoms. The van der Waals surface area contributed by atoms with Gasteiger partial charge in [0.1, 0.15) is 0 Å². The molecule has 0 unspecified atom stereocenters. The lowest BCUT2D eigenvalue weighted by atomic mass is 10.5. The minimum atomic E-state index is -0.323. The van der Waals surface area contributed by atoms with Crippen LogP contribution in [0.1, 0.15) is 6.92 Å². The van der Waals surface area contributed by atoms with Crippen molar-refractivity contribution in [1.29, 1.82) is 0 Å². The van der Waals surface area contributed by atoms with E-state index in [4.69, 9.17) is 4.74 Å². The second kappa shape index (κ2) is 3.66. The summed E-state index contributed by atoms with van der Waals surface area (Å²) in [5, 5.41) is 0. The number of nitrogens with zero attached hydrogens (tertiary/aromatic N) is 1. The molecule has 11 heavy (non-hydrogen) atoms. The molecule has 0 N–H and O–H groups in total. The van der Waals surface area contributed by atoms with Gasteiger partial charge in [0.2, 0.25) is 0 Å². The molecule has 1 heterocycles. The van der Waals surface area contributed by atoms with Gasteiger partial charge >= 0.3 is 5.97 Å². The highest BCUT2D eigenvalue weighted by atomic mass is 127. The van der Waals surface area contributed by atoms with E-state index in [0.717, 1.165) is 3.57 Å². The molecule has 0 aromatic carbocycles. The van der Waals surface area contributed by atoms with Gasteiger partial charge in [0.15, 0.2) is 5.75 Å². The molecule has 0 aliphatic heterocycles. The van der Waals surface area contributed by atoms with E-state index in [9.17, 15) is 4.79 Å². The minimum absolute atomic E-state index is 0.323. The quantitative estimate of drug-likeness (QED) is 0.570. The van der Waals surface area contributed by atoms with Gasteiger partial charge in [-0.25, -0.2) is 0 Å². The van der Waals surface area contributed by atoms with Crippen LogP contribution in [-0.2, 0) is 4.79 Å². The summed E-state index contributed by atoms with van der Waals surface area (Å²) in [6.45, 7) is 1.36. The van der Waals surface area contributed by atoms with Crippen molar-refractivity contribution >= 4 is 28.6 Å². The molecule has 0 spiro atoms. The lowest BCUT2D eigenvalue weighted by molar-refractivity contribution is -0.131. The van der Waals surface area contributed by atoms with E-state index < -0.39 is 0 Å². The Morgan fingerprint density at radius 2 is 2.45 bits per heavy atom. The molecule has 0 aliphatic rings. The molecule has 0 saturated heterocycles. The van der Waals surface area contributed by atoms with Crippen LogP contribution >= 0.6 is 22.6 Å². The third kappa shape index (κ3) is 2.45. The molecule has 1 rings (SSSR count). The van der Waals surface area contributed by atoms with Crippen LogP contribution in [0.5, 0.6) is 5.75 Å². The summed E-state index contributed by atoms with van der Waals surface area (Å²) in [5.74, 6) is 0.191. The average molecular weight is 263 g/mol. The van der Waals surface area contributed by atoms with E-state index in [1.54, 1.807) is 12.3 Å². The minimum Gasteiger partial charge on any atom is -0.424 e. The molecule has 1 aromatic rings. The largest absolute Gasteiger partial charge is 0.424 e. The number of carbonyl (C=O) groups excluding carboxylic acids is 1. The number of rotatable bonds is 1. The van der Waals surface area contributed by atoms with E-state index in [0.29, 0.717) is 5.75 Å². The van der Waals surface area contributed by atoms with Crippen LogP contribution in [0.4, 0.5) is 0 Å². The van der Waals surface area contributed by atoms with Crippen molar-refractivity contribution in [2.24, 2.45) is 0 Å². The Morgan fingerprint density at radius 1 is 1.73 bits per heavy atom. The van der Waals surface area contributed by atoms with Crippen molar-refractivity contribution < 1.29 is 9.53 Å². The summed E-state index contributed by atoms with van der Waals surface area (Å²) in [6.07, 6.45) is 3.16. The second-order valence-corrected chi connectivity index (χ2v) is 3.06. The van der Waals surface area contributed by atoms with E-state index in [1.165, 1.54) is 13.1 Å². The summed E-state index contributed by atoms with van der Waals surface area (Å²) in [5.41, 5.74) is 0. The number of esters is 1. The Bertz CT molecular complexity index is 275. The van der Waals surface area contributed by atoms with Crippen molar-refractivity contribution in [1.82, 2.24) is 4.98 Å². The Morgan fingerprint density at radius 3 is 3.00 bits per heavy atom. The van der Waals surface area contributed by atoms with E-state index in [1.807, 2.05) is 0 Å². The predicted molar refractivity (Wildman–Crippen MR) is 48.3 cm³/mol. The molecule has 0 amide bonds. The highest BCUT2D eigenvalue weighted by molar-refractivity contribution is 14.1. The van der Waals surface area contributed by atoms with E-state index in [2.05, 4.69) is 27.6 Å². The van der Waals surface area contributed by atoms with Gasteiger partial charge in [-0.2, -0.15) is 0 Å². The Labute approximate surface area is 77.9 Å². The normalized spacial score (nSPS) is 9.27. The Kier molecular flexibility index (Phi) is 2.81. The maximum absolute atomic E-state index is 10.5. The Balaban J connectivity index is 2.86. The fraction of sp³-hybridized carbons (Fsp3) is 0.143. The number of pyridine rings is 1. The van der Waals surface area contributed by atoms with E-state index in [-0.39, 0.29) is 5.97 Å². The third-order valence-corrected chi connectivity index (χ3v) is 1.88. The maximum Gasteiger partial charge on any atom is 0.308 e. The summed E-state index contributed by atoms with van der Waals surface area (Å²) in [6, 6.07) is 1.78. The molecule has 0 fully saturated rings. The first-order valence-electron chi connectivity index (χ1n) is 2.98. The lowest BCUT2D eigenvalue weighted by Crippen LogP contribution is -2.02. The van der Waals surface area contributed by atoms with Gasteiger partial charge in [-0.3, -0.25) is 9.78 Å². The molecule has 4 heteroatoms. The second-order valence-electron chi connectivity index (χ2n) is 1.90. The highest BCUT2D eigenvalue weighted by Gasteiger charge is 2.01. The van der Waals surface area contributed by atoms with Crippen LogP contribution in [0.25, 0.3) is 0 Å². The number of aromatic nitrogens is 1. The highest BCUT2D eigenvalue weighted by Crippen LogP contribution is 2.17. The maximum atomic E-state index is 10.5. The molecule has 58 valence electrons. The third-order valence-electron chi connectivity index (χ3n) is 0.988. The van der Waals surface area contributed by atoms with Crippen molar-refractivity contribution in [2.75, 3.05) is 0 Å². The first-order chi connectivity index (χ1) is 5.20. The summed E-state index contributed by atoms with van der Waals surface area (Å²) in [7, 11) is 0. The monoisotopic (exact) mass is 263 g/mol. The average Bonchev–Trinajstić information content (AvgIpc) is 1.93. The predicted octanol–water partition coefficient (Wildman–Crippen LogP) is 1.61. The first-order valence-corrected chi connectivity index (χ1v) is 4.06. The molecule has 1 aromatic heterocycles. The Hall–Kier alpha value is -0.650. The fourth-order valence-electron chi connectivity index (χ4n) is 0.593. The van der Waals surface area contributed by atoms with Crippen LogP contribution in [-0.4, -0.2) is 11.0 Å². The number of halogens is 1. The SMILES string of the molecule is CC(=O)Oc1cnccc1I. The van der Waals surface area contributed by atoms with Gasteiger partial charge < -0.3 is 4.74 Å². The topological polar surface area (TPSA) is 39.2 Å². The zero-order valence-corrected chi connectivity index (χ0v) is 8.03. The standard InChI is InChI=1S/C7H6INO2/c1-5(10)11-7-4-9-3-2-6(7)8/h2-4H,1H3. The zero-order chi connectivity index (χ0) is 8.27. The number of hydrogen-bond acceptors (Lipinski definition) is 3. The van der Waals surface area contributed by atoms with Gasteiger partial charge in [0.25, 0.3) is 0 Å². The molecular weight excluding hydrogens is 257 g/mol. The van der Waals surface area contributed by atoms with Crippen molar-refractivity contribution in [3.05, 3.63) is 22.0 Å². The number of hydrogen-bond donors (Lipinski definition) is 0. The van der Waals surface area contributed by atoms with Gasteiger partial charge in [-0.15, -0.1) is 0 Å². The molecular formula is C7H6INO2. The molecule has 0 aliphatic carbocycles. The first kappa shape index (κ1) is 8.45. The van der Waals surface area contributed by atoms with Gasteiger partial charge in [-0.05, 0) is 28.7 Å². The van der Waals surface area contributed by atoms with Crippen LogP contribution in [0.15, 0.2) is 18.5 Å². The number of carbonyl (C=O) groups is 1. The van der Waals surface area contributed by atoms with Crippen LogP contribution in [0.2, 0.25) is 0 Å². The summed E-state index contributed by atoms with van der Waals surface area (Å²) >= 11 is 2.08. The molecule has 0 atom stereocenters. The van der Waals surface area contributed by atoms with Crippen molar-refractivity contribution in [3.8, 4) is 5.75 Å². The number of ether oxygens (including phenoxy) is 1. The van der Waals surface area contributed by atoms with Crippen LogP contribution in [0, 0.1) is 3.57 Å². The molecule has 0 radical (unpaired) electrons. The zero-order valence-electron chi connectivity index (χ0n) is 5.87.